The molecule has 0 spiro atoms. The lowest BCUT2D eigenvalue weighted by atomic mass is 9.78. The minimum absolute atomic E-state index is 0.00622. The van der Waals surface area contributed by atoms with Crippen molar-refractivity contribution in [2.45, 2.75) is 62.1 Å². The van der Waals surface area contributed by atoms with Crippen LogP contribution in [0.1, 0.15) is 55.6 Å². The molecule has 176 valence electrons. The van der Waals surface area contributed by atoms with E-state index in [4.69, 9.17) is 4.74 Å². The first-order chi connectivity index (χ1) is 16.5. The average molecular weight is 461 g/mol. The normalized spacial score (nSPS) is 28.7. The number of carbonyl (C=O) groups is 3. The van der Waals surface area contributed by atoms with E-state index >= 15 is 0 Å². The fraction of sp³-hybridized carbons (Fsp3) is 0.444. The Morgan fingerprint density at radius 1 is 0.971 bits per heavy atom. The molecule has 7 heteroatoms. The Morgan fingerprint density at radius 2 is 1.56 bits per heavy atom. The summed E-state index contributed by atoms with van der Waals surface area (Å²) >= 11 is 0. The second-order valence-electron chi connectivity index (χ2n) is 10.1. The number of aliphatic carboxylic acids is 1. The van der Waals surface area contributed by atoms with Gasteiger partial charge in [-0.05, 0) is 60.8 Å². The first-order valence-electron chi connectivity index (χ1n) is 12.2. The number of carbonyl (C=O) groups excluding carboxylic acids is 2. The van der Waals surface area contributed by atoms with E-state index in [0.29, 0.717) is 25.7 Å². The third kappa shape index (κ3) is 3.13. The fourth-order valence-electron chi connectivity index (χ4n) is 6.58. The summed E-state index contributed by atoms with van der Waals surface area (Å²) in [5.41, 5.74) is 3.69. The zero-order valence-corrected chi connectivity index (χ0v) is 18.9. The smallest absolute Gasteiger partial charge is 0.407 e. The Morgan fingerprint density at radius 3 is 2.15 bits per heavy atom. The Labute approximate surface area is 198 Å². The van der Waals surface area contributed by atoms with Gasteiger partial charge in [0.1, 0.15) is 12.1 Å². The van der Waals surface area contributed by atoms with E-state index in [1.165, 1.54) is 22.3 Å². The number of amides is 2. The molecular formula is C27H28N2O5. The first-order valence-corrected chi connectivity index (χ1v) is 12.2. The van der Waals surface area contributed by atoms with Gasteiger partial charge in [-0.3, -0.25) is 4.79 Å². The summed E-state index contributed by atoms with van der Waals surface area (Å²) in [5.74, 6) is -1.16. The standard InChI is InChI=1S/C27H28N2O5/c30-24(29-18-9-11-27(29,12-10-18)25(31)32)16-13-17(14-16)28-26(33)34-15-23-21-7-3-1-5-19(21)20-6-2-4-8-22(20)23/h1-8,16-18,23H,9-15H2,(H,28,33)(H,31,32). The third-order valence-corrected chi connectivity index (χ3v) is 8.40. The fourth-order valence-corrected chi connectivity index (χ4v) is 6.58. The summed E-state index contributed by atoms with van der Waals surface area (Å²) < 4.78 is 5.61. The molecule has 0 atom stereocenters. The number of carboxylic acids is 1. The predicted octanol–water partition coefficient (Wildman–Crippen LogP) is 3.91. The molecule has 2 aromatic rings. The summed E-state index contributed by atoms with van der Waals surface area (Å²) in [6.45, 7) is 0.255. The zero-order valence-electron chi connectivity index (χ0n) is 18.9. The lowest BCUT2D eigenvalue weighted by Crippen LogP contribution is -2.56. The molecular weight excluding hydrogens is 432 g/mol. The summed E-state index contributed by atoms with van der Waals surface area (Å²) in [4.78, 5) is 39.1. The lowest BCUT2D eigenvalue weighted by molar-refractivity contribution is -0.158. The Kier molecular flexibility index (Phi) is 4.90. The average Bonchev–Trinajstić information content (AvgIpc) is 3.48. The van der Waals surface area contributed by atoms with Crippen molar-refractivity contribution in [2.75, 3.05) is 6.61 Å². The van der Waals surface area contributed by atoms with E-state index in [1.807, 2.05) is 24.3 Å². The van der Waals surface area contributed by atoms with Crippen LogP contribution >= 0.6 is 0 Å². The quantitative estimate of drug-likeness (QED) is 0.705. The molecule has 3 fully saturated rings. The van der Waals surface area contributed by atoms with Crippen LogP contribution in [0.2, 0.25) is 0 Å². The van der Waals surface area contributed by atoms with Gasteiger partial charge in [-0.1, -0.05) is 48.5 Å². The van der Waals surface area contributed by atoms with E-state index in [-0.39, 0.29) is 36.4 Å². The molecule has 34 heavy (non-hydrogen) atoms. The summed E-state index contributed by atoms with van der Waals surface area (Å²) in [6, 6.07) is 16.3. The number of nitrogens with zero attached hydrogens (tertiary/aromatic N) is 1. The summed E-state index contributed by atoms with van der Waals surface area (Å²) in [6.07, 6.45) is 3.23. The molecule has 0 radical (unpaired) electrons. The zero-order chi connectivity index (χ0) is 23.4. The number of rotatable bonds is 5. The third-order valence-electron chi connectivity index (χ3n) is 8.40. The number of fused-ring (bicyclic) bond motifs is 5. The largest absolute Gasteiger partial charge is 0.479 e. The molecule has 2 aliphatic heterocycles. The molecule has 2 N–H and O–H groups in total. The van der Waals surface area contributed by atoms with Gasteiger partial charge in [0.25, 0.3) is 0 Å². The van der Waals surface area contributed by atoms with Crippen LogP contribution in [-0.2, 0) is 14.3 Å². The number of alkyl carbamates (subject to hydrolysis) is 1. The van der Waals surface area contributed by atoms with E-state index in [9.17, 15) is 19.5 Å². The van der Waals surface area contributed by atoms with Crippen molar-refractivity contribution in [3.63, 3.8) is 0 Å². The van der Waals surface area contributed by atoms with Crippen LogP contribution in [0.25, 0.3) is 11.1 Å². The molecule has 2 amide bonds. The van der Waals surface area contributed by atoms with Crippen LogP contribution in [0.15, 0.2) is 48.5 Å². The molecule has 2 bridgehead atoms. The predicted molar refractivity (Wildman–Crippen MR) is 124 cm³/mol. The van der Waals surface area contributed by atoms with Crippen LogP contribution in [-0.4, -0.2) is 52.2 Å². The molecule has 0 aromatic heterocycles. The Hall–Kier alpha value is -3.35. The molecule has 4 aliphatic rings. The summed E-state index contributed by atoms with van der Waals surface area (Å²) in [7, 11) is 0. The Bertz CT molecular complexity index is 1120. The van der Waals surface area contributed by atoms with Crippen LogP contribution in [0.4, 0.5) is 4.79 Å². The van der Waals surface area contributed by atoms with E-state index in [2.05, 4.69) is 29.6 Å². The highest BCUT2D eigenvalue weighted by atomic mass is 16.5. The van der Waals surface area contributed by atoms with Gasteiger partial charge in [0, 0.05) is 23.9 Å². The number of carboxylic acid groups (broad SMARTS) is 1. The maximum Gasteiger partial charge on any atom is 0.407 e. The van der Waals surface area contributed by atoms with Gasteiger partial charge < -0.3 is 20.1 Å². The van der Waals surface area contributed by atoms with Crippen molar-refractivity contribution in [3.8, 4) is 11.1 Å². The topological polar surface area (TPSA) is 95.9 Å². The van der Waals surface area contributed by atoms with Gasteiger partial charge >= 0.3 is 12.1 Å². The van der Waals surface area contributed by atoms with Gasteiger partial charge in [0.2, 0.25) is 5.91 Å². The van der Waals surface area contributed by atoms with E-state index in [0.717, 1.165) is 12.8 Å². The maximum absolute atomic E-state index is 13.1. The van der Waals surface area contributed by atoms with Gasteiger partial charge in [-0.15, -0.1) is 0 Å². The highest BCUT2D eigenvalue weighted by Crippen LogP contribution is 2.49. The second kappa shape index (κ2) is 7.86. The van der Waals surface area contributed by atoms with Crippen molar-refractivity contribution in [1.29, 1.82) is 0 Å². The minimum atomic E-state index is -1.01. The minimum Gasteiger partial charge on any atom is -0.479 e. The number of benzene rings is 2. The number of nitrogens with one attached hydrogen (secondary N) is 1. The highest BCUT2D eigenvalue weighted by molar-refractivity contribution is 5.90. The molecule has 0 unspecified atom stereocenters. The first kappa shape index (κ1) is 21.2. The van der Waals surface area contributed by atoms with E-state index in [1.54, 1.807) is 4.90 Å². The molecule has 7 nitrogen and oxygen atoms in total. The molecule has 6 rings (SSSR count). The maximum atomic E-state index is 13.1. The molecule has 2 heterocycles. The van der Waals surface area contributed by atoms with Crippen LogP contribution in [0.5, 0.6) is 0 Å². The highest BCUT2D eigenvalue weighted by Gasteiger charge is 2.60. The van der Waals surface area contributed by atoms with Crippen molar-refractivity contribution in [2.24, 2.45) is 5.92 Å². The van der Waals surface area contributed by atoms with Gasteiger partial charge in [-0.25, -0.2) is 9.59 Å². The molecule has 2 saturated heterocycles. The number of hydrogen-bond acceptors (Lipinski definition) is 4. The van der Waals surface area contributed by atoms with Crippen LogP contribution in [0.3, 0.4) is 0 Å². The van der Waals surface area contributed by atoms with Crippen molar-refractivity contribution in [1.82, 2.24) is 10.2 Å². The second-order valence-corrected chi connectivity index (χ2v) is 10.1. The molecule has 1 saturated carbocycles. The molecule has 2 aliphatic carbocycles. The SMILES string of the molecule is O=C(NC1CC(C(=O)N2C3CCC2(C(=O)O)CC3)C1)OCC1c2ccccc2-c2ccccc21. The monoisotopic (exact) mass is 460 g/mol. The van der Waals surface area contributed by atoms with Crippen molar-refractivity contribution >= 4 is 18.0 Å². The van der Waals surface area contributed by atoms with Gasteiger partial charge in [0.15, 0.2) is 0 Å². The number of hydrogen-bond donors (Lipinski definition) is 2. The van der Waals surface area contributed by atoms with Gasteiger partial charge in [-0.2, -0.15) is 0 Å². The van der Waals surface area contributed by atoms with Crippen LogP contribution in [0, 0.1) is 5.92 Å². The van der Waals surface area contributed by atoms with Crippen molar-refractivity contribution in [3.05, 3.63) is 59.7 Å². The number of ether oxygens (including phenoxy) is 1. The van der Waals surface area contributed by atoms with Crippen LogP contribution < -0.4 is 5.32 Å². The van der Waals surface area contributed by atoms with Crippen molar-refractivity contribution < 1.29 is 24.2 Å². The summed E-state index contributed by atoms with van der Waals surface area (Å²) in [5, 5.41) is 12.6. The Balaban J connectivity index is 1.04. The van der Waals surface area contributed by atoms with Gasteiger partial charge in [0.05, 0.1) is 0 Å². The lowest BCUT2D eigenvalue weighted by Gasteiger charge is -2.40. The van der Waals surface area contributed by atoms with E-state index < -0.39 is 17.6 Å². The molecule has 2 aromatic carbocycles.